The van der Waals surface area contributed by atoms with E-state index in [2.05, 4.69) is 0 Å². The van der Waals surface area contributed by atoms with E-state index in [0.717, 1.165) is 43.5 Å². The molecule has 0 radical (unpaired) electrons. The third-order valence-electron chi connectivity index (χ3n) is 6.11. The van der Waals surface area contributed by atoms with E-state index in [0.29, 0.717) is 18.3 Å². The molecule has 0 heterocycles. The molecular formula is C20H26F2O2. The van der Waals surface area contributed by atoms with Crippen LogP contribution >= 0.6 is 0 Å². The van der Waals surface area contributed by atoms with Crippen LogP contribution in [-0.2, 0) is 4.79 Å². The Morgan fingerprint density at radius 1 is 1.08 bits per heavy atom. The van der Waals surface area contributed by atoms with E-state index in [1.54, 1.807) is 0 Å². The van der Waals surface area contributed by atoms with Crippen LogP contribution < -0.4 is 4.74 Å². The highest BCUT2D eigenvalue weighted by molar-refractivity contribution is 5.49. The Hall–Kier alpha value is -1.45. The average Bonchev–Trinajstić information content (AvgIpc) is 2.59. The molecule has 24 heavy (non-hydrogen) atoms. The molecule has 4 atom stereocenters. The monoisotopic (exact) mass is 336 g/mol. The number of methoxy groups -OCH3 is 1. The van der Waals surface area contributed by atoms with Crippen molar-refractivity contribution >= 4 is 6.29 Å². The fourth-order valence-corrected chi connectivity index (χ4v) is 4.87. The molecule has 0 amide bonds. The van der Waals surface area contributed by atoms with Crippen LogP contribution in [0.15, 0.2) is 12.1 Å². The smallest absolute Gasteiger partial charge is 0.190 e. The van der Waals surface area contributed by atoms with Crippen LogP contribution in [0.1, 0.15) is 62.8 Å². The molecule has 1 aromatic carbocycles. The molecule has 0 bridgehead atoms. The summed E-state index contributed by atoms with van der Waals surface area (Å²) in [6.45, 7) is 0. The van der Waals surface area contributed by atoms with Crippen molar-refractivity contribution in [1.82, 2.24) is 0 Å². The zero-order valence-corrected chi connectivity index (χ0v) is 14.3. The van der Waals surface area contributed by atoms with Gasteiger partial charge in [0, 0.05) is 6.42 Å². The van der Waals surface area contributed by atoms with Gasteiger partial charge < -0.3 is 9.53 Å². The van der Waals surface area contributed by atoms with Gasteiger partial charge in [0.25, 0.3) is 0 Å². The standard InChI is InChI=1S/C20H26F2O2/c1-24-20-18(21)11-17(12-19(20)22)16-7-6-14-9-13(3-2-8-23)4-5-15(14)10-16/h8,11-16H,2-7,9-10H2,1H3/t13-,14-,15-,16?/m1/s1. The Kier molecular flexibility index (Phi) is 5.52. The van der Waals surface area contributed by atoms with Crippen molar-refractivity contribution in [2.45, 2.75) is 57.3 Å². The maximum Gasteiger partial charge on any atom is 0.190 e. The highest BCUT2D eigenvalue weighted by Gasteiger charge is 2.36. The predicted molar refractivity (Wildman–Crippen MR) is 89.1 cm³/mol. The van der Waals surface area contributed by atoms with E-state index in [9.17, 15) is 13.6 Å². The van der Waals surface area contributed by atoms with Crippen molar-refractivity contribution in [3.05, 3.63) is 29.3 Å². The maximum atomic E-state index is 14.0. The summed E-state index contributed by atoms with van der Waals surface area (Å²) in [6, 6.07) is 2.89. The molecule has 2 fully saturated rings. The first-order valence-electron chi connectivity index (χ1n) is 9.09. The van der Waals surface area contributed by atoms with Gasteiger partial charge in [0.05, 0.1) is 7.11 Å². The first-order chi connectivity index (χ1) is 11.6. The second-order valence-corrected chi connectivity index (χ2v) is 7.47. The van der Waals surface area contributed by atoms with Gasteiger partial charge in [0.2, 0.25) is 0 Å². The second-order valence-electron chi connectivity index (χ2n) is 7.47. The van der Waals surface area contributed by atoms with Crippen molar-refractivity contribution < 1.29 is 18.3 Å². The van der Waals surface area contributed by atoms with E-state index < -0.39 is 11.6 Å². The SMILES string of the molecule is COc1c(F)cc(C2CC[C@@H]3C[C@H](CCC=O)CC[C@@H]3C2)cc1F. The summed E-state index contributed by atoms with van der Waals surface area (Å²) in [5.74, 6) is 0.808. The second kappa shape index (κ2) is 7.62. The van der Waals surface area contributed by atoms with Crippen molar-refractivity contribution in [2.24, 2.45) is 17.8 Å². The van der Waals surface area contributed by atoms with Crippen molar-refractivity contribution in [3.8, 4) is 5.75 Å². The molecule has 0 aromatic heterocycles. The minimum atomic E-state index is -0.604. The molecule has 4 heteroatoms. The van der Waals surface area contributed by atoms with Gasteiger partial charge in [-0.05, 0) is 79.9 Å². The highest BCUT2D eigenvalue weighted by Crippen LogP contribution is 2.48. The van der Waals surface area contributed by atoms with E-state index in [4.69, 9.17) is 4.74 Å². The first kappa shape index (κ1) is 17.4. The summed E-state index contributed by atoms with van der Waals surface area (Å²) in [5, 5.41) is 0. The number of fused-ring (bicyclic) bond motifs is 1. The van der Waals surface area contributed by atoms with Gasteiger partial charge in [-0.15, -0.1) is 0 Å². The van der Waals surface area contributed by atoms with E-state index in [1.165, 1.54) is 38.5 Å². The molecule has 2 nitrogen and oxygen atoms in total. The number of hydrogen-bond acceptors (Lipinski definition) is 2. The number of rotatable bonds is 5. The minimum absolute atomic E-state index is 0.243. The highest BCUT2D eigenvalue weighted by atomic mass is 19.1. The predicted octanol–water partition coefficient (Wildman–Crippen LogP) is 5.25. The lowest BCUT2D eigenvalue weighted by Crippen LogP contribution is -2.30. The fraction of sp³-hybridized carbons (Fsp3) is 0.650. The molecule has 0 N–H and O–H groups in total. The summed E-state index contributed by atoms with van der Waals surface area (Å²) in [4.78, 5) is 10.6. The molecule has 1 unspecified atom stereocenters. The summed E-state index contributed by atoms with van der Waals surface area (Å²) < 4.78 is 32.7. The number of hydrogen-bond donors (Lipinski definition) is 0. The number of carbonyl (C=O) groups is 1. The Labute approximate surface area is 142 Å². The number of ether oxygens (including phenoxy) is 1. The summed E-state index contributed by atoms with van der Waals surface area (Å²) in [7, 11) is 1.29. The minimum Gasteiger partial charge on any atom is -0.491 e. The van der Waals surface area contributed by atoms with Gasteiger partial charge in [0.15, 0.2) is 17.4 Å². The largest absolute Gasteiger partial charge is 0.491 e. The number of benzene rings is 1. The van der Waals surface area contributed by atoms with Gasteiger partial charge in [-0.1, -0.05) is 6.42 Å². The normalized spacial score (nSPS) is 29.8. The van der Waals surface area contributed by atoms with Crippen LogP contribution in [0.4, 0.5) is 8.78 Å². The Balaban J connectivity index is 1.65. The third kappa shape index (κ3) is 3.62. The van der Waals surface area contributed by atoms with Crippen LogP contribution in [-0.4, -0.2) is 13.4 Å². The number of halogens is 2. The van der Waals surface area contributed by atoms with E-state index in [1.807, 2.05) is 0 Å². The molecule has 3 rings (SSSR count). The van der Waals surface area contributed by atoms with Crippen LogP contribution in [0.25, 0.3) is 0 Å². The number of aldehydes is 1. The van der Waals surface area contributed by atoms with Crippen LogP contribution in [0.5, 0.6) is 5.75 Å². The summed E-state index contributed by atoms with van der Waals surface area (Å²) >= 11 is 0. The maximum absolute atomic E-state index is 14.0. The van der Waals surface area contributed by atoms with Gasteiger partial charge in [-0.3, -0.25) is 0 Å². The van der Waals surface area contributed by atoms with Gasteiger partial charge >= 0.3 is 0 Å². The van der Waals surface area contributed by atoms with Crippen LogP contribution in [0.3, 0.4) is 0 Å². The summed E-state index contributed by atoms with van der Waals surface area (Å²) in [5.41, 5.74) is 0.771. The Bertz CT molecular complexity index is 564. The van der Waals surface area contributed by atoms with Gasteiger partial charge in [0.1, 0.15) is 6.29 Å². The van der Waals surface area contributed by atoms with Crippen LogP contribution in [0, 0.1) is 29.4 Å². The molecule has 2 saturated carbocycles. The van der Waals surface area contributed by atoms with E-state index >= 15 is 0 Å². The zero-order chi connectivity index (χ0) is 17.1. The van der Waals surface area contributed by atoms with E-state index in [-0.39, 0.29) is 11.7 Å². The molecule has 2 aliphatic carbocycles. The zero-order valence-electron chi connectivity index (χ0n) is 14.3. The Morgan fingerprint density at radius 2 is 1.75 bits per heavy atom. The fourth-order valence-electron chi connectivity index (χ4n) is 4.87. The van der Waals surface area contributed by atoms with Gasteiger partial charge in [-0.2, -0.15) is 0 Å². The molecule has 0 aliphatic heterocycles. The summed E-state index contributed by atoms with van der Waals surface area (Å²) in [6.07, 6.45) is 9.45. The quantitative estimate of drug-likeness (QED) is 0.686. The van der Waals surface area contributed by atoms with Crippen molar-refractivity contribution in [2.75, 3.05) is 7.11 Å². The van der Waals surface area contributed by atoms with Crippen LogP contribution in [0.2, 0.25) is 0 Å². The molecule has 132 valence electrons. The molecule has 1 aromatic rings. The average molecular weight is 336 g/mol. The first-order valence-corrected chi connectivity index (χ1v) is 9.09. The molecule has 0 spiro atoms. The molecule has 0 saturated heterocycles. The lowest BCUT2D eigenvalue weighted by molar-refractivity contribution is -0.108. The number of carbonyl (C=O) groups excluding carboxylic acids is 1. The van der Waals surface area contributed by atoms with Crippen molar-refractivity contribution in [3.63, 3.8) is 0 Å². The molecular weight excluding hydrogens is 310 g/mol. The van der Waals surface area contributed by atoms with Gasteiger partial charge in [-0.25, -0.2) is 8.78 Å². The topological polar surface area (TPSA) is 26.3 Å². The lowest BCUT2D eigenvalue weighted by atomic mass is 9.63. The third-order valence-corrected chi connectivity index (χ3v) is 6.11. The lowest BCUT2D eigenvalue weighted by Gasteiger charge is -2.42. The Morgan fingerprint density at radius 3 is 2.42 bits per heavy atom. The van der Waals surface area contributed by atoms with Crippen molar-refractivity contribution in [1.29, 1.82) is 0 Å². The molecule has 2 aliphatic rings.